The predicted molar refractivity (Wildman–Crippen MR) is 116 cm³/mol. The molecule has 0 saturated carbocycles. The third-order valence-corrected chi connectivity index (χ3v) is 5.46. The number of hydrogen-bond acceptors (Lipinski definition) is 5. The first kappa shape index (κ1) is 24.4. The molecule has 1 atom stereocenters. The molecule has 35 heavy (non-hydrogen) atoms. The molecule has 1 amide bonds. The summed E-state index contributed by atoms with van der Waals surface area (Å²) in [6, 6.07) is 7.80. The minimum absolute atomic E-state index is 0.0139. The number of benzene rings is 2. The van der Waals surface area contributed by atoms with Gasteiger partial charge in [0.05, 0.1) is 17.1 Å². The van der Waals surface area contributed by atoms with Crippen molar-refractivity contribution in [2.45, 2.75) is 12.0 Å². The van der Waals surface area contributed by atoms with Gasteiger partial charge in [-0.3, -0.25) is 4.79 Å². The molecule has 0 radical (unpaired) electrons. The summed E-state index contributed by atoms with van der Waals surface area (Å²) in [5.41, 5.74) is 4.28. The Labute approximate surface area is 199 Å². The summed E-state index contributed by atoms with van der Waals surface area (Å²) in [4.78, 5) is 16.5. The first-order valence-electron chi connectivity index (χ1n) is 9.88. The number of nitrogen functional groups attached to an aromatic ring is 1. The number of carbonyl (C=O) groups excluding carboxylic acids is 1. The van der Waals surface area contributed by atoms with E-state index in [0.29, 0.717) is 11.7 Å². The van der Waals surface area contributed by atoms with E-state index in [1.54, 1.807) is 5.32 Å². The average molecular weight is 512 g/mol. The van der Waals surface area contributed by atoms with Crippen molar-refractivity contribution in [1.82, 2.24) is 19.9 Å². The molecule has 4 aromatic rings. The summed E-state index contributed by atoms with van der Waals surface area (Å²) in [5.74, 6) is -9.65. The summed E-state index contributed by atoms with van der Waals surface area (Å²) >= 11 is 5.96. The number of hydrogen-bond donors (Lipinski definition) is 3. The number of aliphatic hydroxyl groups excluding tert-OH is 1. The maximum absolute atomic E-state index is 15.3. The van der Waals surface area contributed by atoms with E-state index >= 15 is 4.39 Å². The number of anilines is 1. The number of carbonyl (C=O) groups is 1. The predicted octanol–water partition coefficient (Wildman–Crippen LogP) is 4.15. The molecule has 0 aliphatic heterocycles. The van der Waals surface area contributed by atoms with Gasteiger partial charge in [-0.15, -0.1) is 5.10 Å². The number of aromatic nitrogens is 3. The van der Waals surface area contributed by atoms with Crippen LogP contribution in [-0.2, 0) is 0 Å². The fraction of sp³-hybridized carbons (Fsp3) is 0.136. The van der Waals surface area contributed by atoms with Crippen molar-refractivity contribution in [3.63, 3.8) is 0 Å². The number of alkyl halides is 2. The van der Waals surface area contributed by atoms with Gasteiger partial charge in [0, 0.05) is 17.3 Å². The molecule has 2 aromatic heterocycles. The van der Waals surface area contributed by atoms with Gasteiger partial charge in [-0.1, -0.05) is 23.7 Å². The molecule has 0 aliphatic rings. The molecule has 4 N–H and O–H groups in total. The summed E-state index contributed by atoms with van der Waals surface area (Å²) in [6.07, 6.45) is -1.33. The lowest BCUT2D eigenvalue weighted by Crippen LogP contribution is -2.41. The zero-order valence-electron chi connectivity index (χ0n) is 17.4. The summed E-state index contributed by atoms with van der Waals surface area (Å²) in [7, 11) is 0. The lowest BCUT2D eigenvalue weighted by molar-refractivity contribution is -0.108. The number of nitrogens with two attached hydrogens (primary N) is 1. The molecule has 7 nitrogen and oxygen atoms in total. The Balaban J connectivity index is 1.59. The first-order valence-corrected chi connectivity index (χ1v) is 10.3. The molecule has 0 spiro atoms. The molecular weight excluding hydrogens is 497 g/mol. The highest BCUT2D eigenvalue weighted by Crippen LogP contribution is 2.34. The lowest BCUT2D eigenvalue weighted by Gasteiger charge is -2.24. The van der Waals surface area contributed by atoms with Crippen LogP contribution in [0, 0.1) is 17.5 Å². The Morgan fingerprint density at radius 2 is 1.91 bits per heavy atom. The van der Waals surface area contributed by atoms with E-state index in [-0.39, 0.29) is 22.1 Å². The van der Waals surface area contributed by atoms with Gasteiger partial charge in [-0.05, 0) is 35.9 Å². The second-order valence-electron chi connectivity index (χ2n) is 7.46. The highest BCUT2D eigenvalue weighted by atomic mass is 35.5. The number of nitrogens with zero attached hydrogens (tertiary/aromatic N) is 3. The van der Waals surface area contributed by atoms with Gasteiger partial charge >= 0.3 is 0 Å². The van der Waals surface area contributed by atoms with Crippen molar-refractivity contribution < 1.29 is 31.9 Å². The van der Waals surface area contributed by atoms with Crippen molar-refractivity contribution in [1.29, 1.82) is 0 Å². The number of pyridine rings is 1. The molecule has 2 aromatic carbocycles. The number of amides is 1. The van der Waals surface area contributed by atoms with Crippen molar-refractivity contribution in [2.75, 3.05) is 12.3 Å². The van der Waals surface area contributed by atoms with Crippen molar-refractivity contribution in [3.05, 3.63) is 82.3 Å². The Bertz CT molecular complexity index is 1450. The highest BCUT2D eigenvalue weighted by molar-refractivity contribution is 6.34. The Morgan fingerprint density at radius 3 is 2.66 bits per heavy atom. The quantitative estimate of drug-likeness (QED) is 0.337. The molecular formula is C22H15ClF5N5O2. The maximum Gasteiger partial charge on any atom is 0.294 e. The van der Waals surface area contributed by atoms with Gasteiger partial charge in [-0.25, -0.2) is 26.5 Å². The number of nitrogens with one attached hydrogen (secondary N) is 1. The summed E-state index contributed by atoms with van der Waals surface area (Å²) in [5, 5.41) is 15.2. The zero-order chi connectivity index (χ0) is 25.5. The van der Waals surface area contributed by atoms with Crippen LogP contribution in [0.15, 0.2) is 48.7 Å². The lowest BCUT2D eigenvalue weighted by atomic mass is 10.0. The van der Waals surface area contributed by atoms with Crippen LogP contribution in [0.3, 0.4) is 0 Å². The number of halogens is 6. The Kier molecular flexibility index (Phi) is 6.34. The van der Waals surface area contributed by atoms with Crippen LogP contribution >= 0.6 is 11.6 Å². The molecule has 13 heteroatoms. The van der Waals surface area contributed by atoms with Gasteiger partial charge in [0.25, 0.3) is 11.8 Å². The van der Waals surface area contributed by atoms with Crippen LogP contribution in [0.1, 0.15) is 22.0 Å². The standard InChI is InChI=1S/C22H15ClF5N5O2/c23-13-5-4-11(10-6-7-33-15(8-10)31-21(29)32-33)18(26)16(13)20(35)30-9-22(27,28)19(34)12-2-1-3-14(24)17(12)25/h1-8,19,34H,9H2,(H2,29,32)(H,30,35). The monoisotopic (exact) mass is 511 g/mol. The smallest absolute Gasteiger partial charge is 0.294 e. The average Bonchev–Trinajstić information content (AvgIpc) is 3.18. The highest BCUT2D eigenvalue weighted by Gasteiger charge is 2.42. The first-order chi connectivity index (χ1) is 16.5. The third kappa shape index (κ3) is 4.62. The van der Waals surface area contributed by atoms with Gasteiger partial charge < -0.3 is 16.2 Å². The Hall–Kier alpha value is -3.77. The Morgan fingerprint density at radius 1 is 1.17 bits per heavy atom. The van der Waals surface area contributed by atoms with Crippen molar-refractivity contribution >= 4 is 29.1 Å². The maximum atomic E-state index is 15.3. The normalized spacial score (nSPS) is 12.7. The fourth-order valence-corrected chi connectivity index (χ4v) is 3.62. The molecule has 1 unspecified atom stereocenters. The van der Waals surface area contributed by atoms with Crippen molar-refractivity contribution in [2.24, 2.45) is 0 Å². The van der Waals surface area contributed by atoms with Crippen LogP contribution in [-0.4, -0.2) is 38.1 Å². The van der Waals surface area contributed by atoms with Gasteiger partial charge in [0.1, 0.15) is 11.9 Å². The largest absolute Gasteiger partial charge is 0.382 e. The van der Waals surface area contributed by atoms with E-state index in [0.717, 1.165) is 12.1 Å². The number of rotatable bonds is 6. The zero-order valence-corrected chi connectivity index (χ0v) is 18.2. The van der Waals surface area contributed by atoms with Crippen LogP contribution < -0.4 is 11.1 Å². The second-order valence-corrected chi connectivity index (χ2v) is 7.87. The van der Waals surface area contributed by atoms with E-state index < -0.39 is 53.1 Å². The van der Waals surface area contributed by atoms with E-state index in [1.165, 1.54) is 35.0 Å². The van der Waals surface area contributed by atoms with Gasteiger partial charge in [0.15, 0.2) is 17.3 Å². The SMILES string of the molecule is Nc1nc2cc(-c3ccc(Cl)c(C(=O)NCC(F)(F)C(O)c4cccc(F)c4F)c3F)ccn2n1. The minimum atomic E-state index is -4.14. The van der Waals surface area contributed by atoms with E-state index in [1.807, 2.05) is 0 Å². The second kappa shape index (κ2) is 9.12. The van der Waals surface area contributed by atoms with Crippen molar-refractivity contribution in [3.8, 4) is 11.1 Å². The van der Waals surface area contributed by atoms with E-state index in [4.69, 9.17) is 17.3 Å². The molecule has 0 aliphatic carbocycles. The van der Waals surface area contributed by atoms with Gasteiger partial charge in [0.2, 0.25) is 5.95 Å². The molecule has 0 fully saturated rings. The minimum Gasteiger partial charge on any atom is -0.382 e. The molecule has 182 valence electrons. The van der Waals surface area contributed by atoms with E-state index in [9.17, 15) is 27.5 Å². The van der Waals surface area contributed by atoms with E-state index in [2.05, 4.69) is 10.1 Å². The topological polar surface area (TPSA) is 106 Å². The van der Waals surface area contributed by atoms with Crippen LogP contribution in [0.5, 0.6) is 0 Å². The fourth-order valence-electron chi connectivity index (χ4n) is 3.39. The third-order valence-electron chi connectivity index (χ3n) is 5.14. The summed E-state index contributed by atoms with van der Waals surface area (Å²) < 4.78 is 72.7. The van der Waals surface area contributed by atoms with Crippen LogP contribution in [0.25, 0.3) is 16.8 Å². The molecule has 0 saturated heterocycles. The molecule has 4 rings (SSSR count). The number of aliphatic hydroxyl groups is 1. The number of fused-ring (bicyclic) bond motifs is 1. The molecule has 2 heterocycles. The van der Waals surface area contributed by atoms with Crippen LogP contribution in [0.2, 0.25) is 5.02 Å². The summed E-state index contributed by atoms with van der Waals surface area (Å²) in [6.45, 7) is -1.52. The molecule has 0 bridgehead atoms. The van der Waals surface area contributed by atoms with Crippen LogP contribution in [0.4, 0.5) is 27.9 Å². The van der Waals surface area contributed by atoms with Gasteiger partial charge in [-0.2, -0.15) is 4.98 Å².